The molecule has 5 heteroatoms. The van der Waals surface area contributed by atoms with E-state index < -0.39 is 6.10 Å². The number of aliphatic hydroxyl groups excluding tert-OH is 1. The average Bonchev–Trinajstić information content (AvgIpc) is 3.34. The summed E-state index contributed by atoms with van der Waals surface area (Å²) in [5.41, 5.74) is 0. The molecule has 0 aromatic carbocycles. The maximum Gasteiger partial charge on any atom is 0.306 e. The highest BCUT2D eigenvalue weighted by Crippen LogP contribution is 2.17. The molecule has 5 nitrogen and oxygen atoms in total. The van der Waals surface area contributed by atoms with E-state index in [4.69, 9.17) is 9.47 Å². The first-order valence-corrected chi connectivity index (χ1v) is 29.8. The number of hydrogen-bond acceptors (Lipinski definition) is 5. The monoisotopic (exact) mass is 951 g/mol. The number of carbonyl (C=O) groups excluding carboxylic acids is 2. The van der Waals surface area contributed by atoms with Crippen LogP contribution < -0.4 is 0 Å². The number of esters is 2. The summed E-state index contributed by atoms with van der Waals surface area (Å²) >= 11 is 0. The van der Waals surface area contributed by atoms with Crippen LogP contribution in [0.5, 0.6) is 0 Å². The number of aliphatic hydroxyl groups is 1. The topological polar surface area (TPSA) is 72.8 Å². The van der Waals surface area contributed by atoms with Crippen molar-refractivity contribution in [3.05, 3.63) is 60.8 Å². The molecule has 0 aliphatic carbocycles. The third-order valence-corrected chi connectivity index (χ3v) is 13.3. The van der Waals surface area contributed by atoms with Crippen LogP contribution in [0.1, 0.15) is 309 Å². The highest BCUT2D eigenvalue weighted by Gasteiger charge is 2.16. The summed E-state index contributed by atoms with van der Waals surface area (Å²) in [5.74, 6) is -0.600. The van der Waals surface area contributed by atoms with Crippen LogP contribution in [0.15, 0.2) is 60.8 Å². The molecule has 396 valence electrons. The highest BCUT2D eigenvalue weighted by atomic mass is 16.6. The van der Waals surface area contributed by atoms with E-state index in [0.29, 0.717) is 12.8 Å². The first kappa shape index (κ1) is 65.6. The van der Waals surface area contributed by atoms with Crippen LogP contribution in [0, 0.1) is 0 Å². The molecule has 0 saturated heterocycles. The van der Waals surface area contributed by atoms with Gasteiger partial charge in [0.15, 0.2) is 6.10 Å². The molecule has 0 heterocycles. The number of carbonyl (C=O) groups is 2. The lowest BCUT2D eigenvalue weighted by molar-refractivity contribution is -0.161. The Morgan fingerprint density at radius 3 is 0.956 bits per heavy atom. The van der Waals surface area contributed by atoms with Gasteiger partial charge in [0, 0.05) is 12.8 Å². The van der Waals surface area contributed by atoms with Crippen molar-refractivity contribution in [3.63, 3.8) is 0 Å². The Balaban J connectivity index is 3.37. The van der Waals surface area contributed by atoms with Crippen molar-refractivity contribution in [2.75, 3.05) is 13.2 Å². The second kappa shape index (κ2) is 58.9. The molecule has 0 aliphatic rings. The fourth-order valence-corrected chi connectivity index (χ4v) is 8.84. The Labute approximate surface area is 423 Å². The summed E-state index contributed by atoms with van der Waals surface area (Å²) in [6.07, 6.45) is 79.5. The van der Waals surface area contributed by atoms with E-state index in [0.717, 1.165) is 77.0 Å². The van der Waals surface area contributed by atoms with Crippen LogP contribution in [0.25, 0.3) is 0 Å². The lowest BCUT2D eigenvalue weighted by Crippen LogP contribution is -2.28. The quantitative estimate of drug-likeness (QED) is 0.0374. The van der Waals surface area contributed by atoms with Gasteiger partial charge in [-0.3, -0.25) is 9.59 Å². The van der Waals surface area contributed by atoms with Crippen molar-refractivity contribution < 1.29 is 24.2 Å². The van der Waals surface area contributed by atoms with Crippen molar-refractivity contribution in [3.8, 4) is 0 Å². The molecular formula is C63H114O5. The van der Waals surface area contributed by atoms with Crippen LogP contribution in [-0.2, 0) is 19.1 Å². The third-order valence-electron chi connectivity index (χ3n) is 13.3. The van der Waals surface area contributed by atoms with Gasteiger partial charge in [-0.2, -0.15) is 0 Å². The third kappa shape index (κ3) is 56.2. The molecule has 0 spiro atoms. The molecule has 0 radical (unpaired) electrons. The molecule has 0 aromatic rings. The van der Waals surface area contributed by atoms with Crippen LogP contribution >= 0.6 is 0 Å². The number of rotatable bonds is 55. The van der Waals surface area contributed by atoms with E-state index in [2.05, 4.69) is 74.6 Å². The second-order valence-electron chi connectivity index (χ2n) is 20.0. The van der Waals surface area contributed by atoms with Gasteiger partial charge in [0.25, 0.3) is 0 Å². The molecule has 0 fully saturated rings. The zero-order valence-corrected chi connectivity index (χ0v) is 45.4. The first-order chi connectivity index (χ1) is 33.6. The summed E-state index contributed by atoms with van der Waals surface area (Å²) in [7, 11) is 0. The zero-order chi connectivity index (χ0) is 49.2. The van der Waals surface area contributed by atoms with Crippen LogP contribution in [0.2, 0.25) is 0 Å². The summed E-state index contributed by atoms with van der Waals surface area (Å²) < 4.78 is 10.7. The molecule has 68 heavy (non-hydrogen) atoms. The molecule has 1 atom stereocenters. The average molecular weight is 952 g/mol. The minimum absolute atomic E-state index is 0.0711. The summed E-state index contributed by atoms with van der Waals surface area (Å²) in [4.78, 5) is 24.5. The Morgan fingerprint density at radius 2 is 0.632 bits per heavy atom. The van der Waals surface area contributed by atoms with Crippen molar-refractivity contribution in [1.29, 1.82) is 0 Å². The number of hydrogen-bond donors (Lipinski definition) is 1. The maximum absolute atomic E-state index is 12.2. The number of ether oxygens (including phenoxy) is 2. The maximum atomic E-state index is 12.2. The number of allylic oxidation sites excluding steroid dienone is 10. The van der Waals surface area contributed by atoms with Gasteiger partial charge in [-0.25, -0.2) is 0 Å². The van der Waals surface area contributed by atoms with Crippen molar-refractivity contribution in [1.82, 2.24) is 0 Å². The predicted molar refractivity (Wildman–Crippen MR) is 297 cm³/mol. The molecule has 1 N–H and O–H groups in total. The Kier molecular flexibility index (Phi) is 56.8. The minimum atomic E-state index is -0.781. The molecule has 0 saturated carbocycles. The molecular weight excluding hydrogens is 837 g/mol. The summed E-state index contributed by atoms with van der Waals surface area (Å²) in [6.45, 7) is 4.03. The molecule has 0 aromatic heterocycles. The Bertz CT molecular complexity index is 1170. The van der Waals surface area contributed by atoms with Gasteiger partial charge in [-0.05, 0) is 77.0 Å². The number of unbranched alkanes of at least 4 members (excludes halogenated alkanes) is 37. The van der Waals surface area contributed by atoms with Gasteiger partial charge in [-0.1, -0.05) is 280 Å². The summed E-state index contributed by atoms with van der Waals surface area (Å²) in [6, 6.07) is 0. The van der Waals surface area contributed by atoms with E-state index in [1.54, 1.807) is 0 Å². The molecule has 0 aliphatic heterocycles. The minimum Gasteiger partial charge on any atom is -0.462 e. The van der Waals surface area contributed by atoms with Gasteiger partial charge in [0.05, 0.1) is 6.61 Å². The van der Waals surface area contributed by atoms with Gasteiger partial charge in [-0.15, -0.1) is 0 Å². The van der Waals surface area contributed by atoms with Crippen molar-refractivity contribution in [2.24, 2.45) is 0 Å². The molecule has 0 bridgehead atoms. The van der Waals surface area contributed by atoms with Gasteiger partial charge in [0.2, 0.25) is 0 Å². The first-order valence-electron chi connectivity index (χ1n) is 29.8. The Hall–Kier alpha value is -2.40. The SMILES string of the molecule is CC/C=C\C/C=C\C/C=C\CCCCCCCC(=O)OC(CO)COC(=O)CCCCCCCCCCCCCCCCCCCCCCCCCCCCC/C=C\C/C=C\CCCCCCC. The lowest BCUT2D eigenvalue weighted by atomic mass is 10.0. The lowest BCUT2D eigenvalue weighted by Gasteiger charge is -2.15. The fourth-order valence-electron chi connectivity index (χ4n) is 8.84. The molecule has 0 amide bonds. The normalized spacial score (nSPS) is 12.6. The van der Waals surface area contributed by atoms with Crippen LogP contribution in [0.4, 0.5) is 0 Å². The van der Waals surface area contributed by atoms with E-state index >= 15 is 0 Å². The second-order valence-corrected chi connectivity index (χ2v) is 20.0. The van der Waals surface area contributed by atoms with E-state index in [-0.39, 0.29) is 25.2 Å². The molecule has 1 unspecified atom stereocenters. The van der Waals surface area contributed by atoms with Gasteiger partial charge >= 0.3 is 11.9 Å². The van der Waals surface area contributed by atoms with Gasteiger partial charge in [0.1, 0.15) is 6.61 Å². The van der Waals surface area contributed by atoms with Gasteiger partial charge < -0.3 is 14.6 Å². The van der Waals surface area contributed by atoms with E-state index in [1.165, 1.54) is 205 Å². The van der Waals surface area contributed by atoms with Crippen LogP contribution in [0.3, 0.4) is 0 Å². The zero-order valence-electron chi connectivity index (χ0n) is 45.4. The van der Waals surface area contributed by atoms with Crippen molar-refractivity contribution in [2.45, 2.75) is 315 Å². The summed E-state index contributed by atoms with van der Waals surface area (Å²) in [5, 5.41) is 9.62. The largest absolute Gasteiger partial charge is 0.462 e. The van der Waals surface area contributed by atoms with E-state index in [1.807, 2.05) is 0 Å². The smallest absolute Gasteiger partial charge is 0.306 e. The van der Waals surface area contributed by atoms with Crippen LogP contribution in [-0.4, -0.2) is 36.4 Å². The van der Waals surface area contributed by atoms with E-state index in [9.17, 15) is 14.7 Å². The fraction of sp³-hybridized carbons (Fsp3) is 0.810. The predicted octanol–water partition coefficient (Wildman–Crippen LogP) is 20.2. The Morgan fingerprint density at radius 1 is 0.353 bits per heavy atom. The van der Waals surface area contributed by atoms with Crippen molar-refractivity contribution >= 4 is 11.9 Å². The standard InChI is InChI=1S/C63H114O5/c1-3-5-7-9-11-13-15-17-19-20-21-22-23-24-25-26-27-28-29-30-31-32-33-34-35-36-37-38-39-40-41-42-44-45-47-49-51-53-55-57-62(65)67-60-61(59-64)68-63(66)58-56-54-52-50-48-46-43-18-16-14-12-10-8-6-4-2/h6,8,12,14-15,17-18,20-21,43,61,64H,3-5,7,9-11,13,16,19,22-42,44-60H2,1-2H3/b8-6-,14-12-,17-15-,21-20-,43-18-. The highest BCUT2D eigenvalue weighted by molar-refractivity contribution is 5.70. The molecule has 0 rings (SSSR count).